The van der Waals surface area contributed by atoms with Crippen molar-refractivity contribution < 1.29 is 9.53 Å². The van der Waals surface area contributed by atoms with Crippen LogP contribution in [-0.2, 0) is 23.0 Å². The number of rotatable bonds is 6. The Balaban J connectivity index is 1.42. The molecule has 1 saturated carbocycles. The molecule has 2 aliphatic heterocycles. The molecule has 7 heteroatoms. The van der Waals surface area contributed by atoms with Gasteiger partial charge in [-0.15, -0.1) is 0 Å². The molecule has 3 heterocycles. The normalized spacial score (nSPS) is 31.4. The highest BCUT2D eigenvalue weighted by Crippen LogP contribution is 2.47. The molecule has 0 unspecified atom stereocenters. The van der Waals surface area contributed by atoms with Crippen LogP contribution in [-0.4, -0.2) is 83.8 Å². The Kier molecular flexibility index (Phi) is 6.56. The van der Waals surface area contributed by atoms with Crippen LogP contribution in [0.5, 0.6) is 0 Å². The third-order valence-corrected chi connectivity index (χ3v) is 7.58. The lowest BCUT2D eigenvalue weighted by atomic mass is 9.61. The van der Waals surface area contributed by atoms with Crippen LogP contribution in [0.25, 0.3) is 0 Å². The third kappa shape index (κ3) is 4.37. The molecule has 0 radical (unpaired) electrons. The summed E-state index contributed by atoms with van der Waals surface area (Å²) in [6.07, 6.45) is 8.99. The summed E-state index contributed by atoms with van der Waals surface area (Å²) >= 11 is 0. The molecule has 1 aromatic rings. The molecule has 3 fully saturated rings. The first-order valence-electron chi connectivity index (χ1n) is 11.4. The van der Waals surface area contributed by atoms with Crippen molar-refractivity contribution in [1.29, 1.82) is 0 Å². The second-order valence-corrected chi connectivity index (χ2v) is 9.05. The fraction of sp³-hybridized carbons (Fsp3) is 0.818. The number of aromatic nitrogens is 2. The van der Waals surface area contributed by atoms with Gasteiger partial charge in [-0.05, 0) is 44.7 Å². The van der Waals surface area contributed by atoms with Crippen LogP contribution >= 0.6 is 0 Å². The number of imidazole rings is 1. The van der Waals surface area contributed by atoms with E-state index in [9.17, 15) is 4.79 Å². The van der Waals surface area contributed by atoms with Crippen LogP contribution < -0.4 is 5.32 Å². The summed E-state index contributed by atoms with van der Waals surface area (Å²) in [5.41, 5.74) is -0.224. The van der Waals surface area contributed by atoms with Gasteiger partial charge in [-0.2, -0.15) is 0 Å². The van der Waals surface area contributed by atoms with Crippen molar-refractivity contribution in [2.45, 2.75) is 45.1 Å². The Hall–Kier alpha value is -1.44. The van der Waals surface area contributed by atoms with Crippen LogP contribution in [0.2, 0.25) is 0 Å². The second kappa shape index (κ2) is 9.14. The molecule has 0 aromatic carbocycles. The molecule has 0 bridgehead atoms. The van der Waals surface area contributed by atoms with E-state index in [1.165, 1.54) is 0 Å². The Morgan fingerprint density at radius 2 is 2.14 bits per heavy atom. The zero-order valence-corrected chi connectivity index (χ0v) is 18.1. The van der Waals surface area contributed by atoms with Gasteiger partial charge in [0, 0.05) is 58.1 Å². The minimum atomic E-state index is -0.224. The summed E-state index contributed by atoms with van der Waals surface area (Å²) < 4.78 is 7.58. The SMILES string of the molecule is CCN1CC[C@@H]2C[C@@H](N3CCOCC3)CC[C@@]2(C(=O)NCCc2nccn2C)C1. The van der Waals surface area contributed by atoms with Crippen molar-refractivity contribution in [2.24, 2.45) is 18.4 Å². The summed E-state index contributed by atoms with van der Waals surface area (Å²) in [6, 6.07) is 0.616. The third-order valence-electron chi connectivity index (χ3n) is 7.58. The number of piperidine rings is 1. The van der Waals surface area contributed by atoms with Gasteiger partial charge < -0.3 is 19.5 Å². The van der Waals surface area contributed by atoms with Crippen molar-refractivity contribution in [3.8, 4) is 0 Å². The minimum Gasteiger partial charge on any atom is -0.379 e. The maximum Gasteiger partial charge on any atom is 0.227 e. The number of ether oxygens (including phenoxy) is 1. The average Bonchev–Trinajstić information content (AvgIpc) is 3.18. The van der Waals surface area contributed by atoms with Gasteiger partial charge in [0.15, 0.2) is 0 Å². The number of fused-ring (bicyclic) bond motifs is 1. The predicted octanol–water partition coefficient (Wildman–Crippen LogP) is 1.29. The fourth-order valence-corrected chi connectivity index (χ4v) is 5.74. The van der Waals surface area contributed by atoms with Crippen molar-refractivity contribution in [3.63, 3.8) is 0 Å². The number of likely N-dealkylation sites (tertiary alicyclic amines) is 1. The fourth-order valence-electron chi connectivity index (χ4n) is 5.74. The van der Waals surface area contributed by atoms with E-state index in [1.807, 2.05) is 24.0 Å². The first kappa shape index (κ1) is 20.8. The lowest BCUT2D eigenvalue weighted by Crippen LogP contribution is -2.61. The molecule has 1 amide bonds. The van der Waals surface area contributed by atoms with E-state index < -0.39 is 0 Å². The Morgan fingerprint density at radius 3 is 2.86 bits per heavy atom. The van der Waals surface area contributed by atoms with E-state index >= 15 is 0 Å². The van der Waals surface area contributed by atoms with Gasteiger partial charge in [0.05, 0.1) is 18.6 Å². The molecule has 0 spiro atoms. The van der Waals surface area contributed by atoms with Crippen molar-refractivity contribution in [2.75, 3.05) is 52.5 Å². The number of hydrogen-bond donors (Lipinski definition) is 1. The van der Waals surface area contributed by atoms with Crippen LogP contribution in [0.3, 0.4) is 0 Å². The van der Waals surface area contributed by atoms with Gasteiger partial charge in [0.1, 0.15) is 5.82 Å². The van der Waals surface area contributed by atoms with E-state index in [-0.39, 0.29) is 11.3 Å². The molecule has 7 nitrogen and oxygen atoms in total. The van der Waals surface area contributed by atoms with Gasteiger partial charge in [-0.1, -0.05) is 6.92 Å². The van der Waals surface area contributed by atoms with Gasteiger partial charge in [0.25, 0.3) is 0 Å². The quantitative estimate of drug-likeness (QED) is 0.776. The van der Waals surface area contributed by atoms with Crippen LogP contribution in [0.15, 0.2) is 12.4 Å². The van der Waals surface area contributed by atoms with E-state index in [0.717, 1.165) is 83.9 Å². The van der Waals surface area contributed by atoms with E-state index in [4.69, 9.17) is 4.74 Å². The maximum atomic E-state index is 13.5. The van der Waals surface area contributed by atoms with Gasteiger partial charge >= 0.3 is 0 Å². The molecular formula is C22H37N5O2. The molecule has 1 aliphatic carbocycles. The van der Waals surface area contributed by atoms with E-state index in [1.54, 1.807) is 0 Å². The number of carbonyl (C=O) groups excluding carboxylic acids is 1. The van der Waals surface area contributed by atoms with E-state index in [0.29, 0.717) is 18.5 Å². The number of aryl methyl sites for hydroxylation is 1. The number of nitrogens with one attached hydrogen (secondary N) is 1. The lowest BCUT2D eigenvalue weighted by Gasteiger charge is -2.53. The molecular weight excluding hydrogens is 366 g/mol. The largest absolute Gasteiger partial charge is 0.379 e. The van der Waals surface area contributed by atoms with Crippen LogP contribution in [0.4, 0.5) is 0 Å². The summed E-state index contributed by atoms with van der Waals surface area (Å²) in [4.78, 5) is 23.0. The molecule has 29 heavy (non-hydrogen) atoms. The van der Waals surface area contributed by atoms with Gasteiger partial charge in [0.2, 0.25) is 5.91 Å². The Morgan fingerprint density at radius 1 is 1.31 bits per heavy atom. The van der Waals surface area contributed by atoms with Gasteiger partial charge in [-0.25, -0.2) is 4.98 Å². The number of hydrogen-bond acceptors (Lipinski definition) is 5. The first-order chi connectivity index (χ1) is 14.1. The molecule has 4 rings (SSSR count). The second-order valence-electron chi connectivity index (χ2n) is 9.05. The Labute approximate surface area is 174 Å². The summed E-state index contributed by atoms with van der Waals surface area (Å²) in [5, 5.41) is 3.29. The van der Waals surface area contributed by atoms with Crippen molar-refractivity contribution in [1.82, 2.24) is 24.7 Å². The summed E-state index contributed by atoms with van der Waals surface area (Å²) in [5.74, 6) is 1.78. The highest BCUT2D eigenvalue weighted by Gasteiger charge is 2.52. The molecule has 1 aromatic heterocycles. The molecule has 3 aliphatic rings. The van der Waals surface area contributed by atoms with E-state index in [2.05, 4.69) is 27.0 Å². The standard InChI is InChI=1S/C22H37N5O2/c1-3-26-10-6-18-16-19(27-12-14-29-15-13-27)4-7-22(18,17-26)21(28)24-8-5-20-23-9-11-25(20)2/h9,11,18-19H,3-8,10,12-17H2,1-2H3,(H,24,28)/t18-,19+,22-/m1/s1. The van der Waals surface area contributed by atoms with Crippen molar-refractivity contribution in [3.05, 3.63) is 18.2 Å². The predicted molar refractivity (Wildman–Crippen MR) is 113 cm³/mol. The Bertz CT molecular complexity index is 686. The zero-order chi connectivity index (χ0) is 20.3. The van der Waals surface area contributed by atoms with Gasteiger partial charge in [-0.3, -0.25) is 9.69 Å². The first-order valence-corrected chi connectivity index (χ1v) is 11.4. The highest BCUT2D eigenvalue weighted by molar-refractivity contribution is 5.83. The maximum absolute atomic E-state index is 13.5. The van der Waals surface area contributed by atoms with Crippen molar-refractivity contribution >= 4 is 5.91 Å². The lowest BCUT2D eigenvalue weighted by molar-refractivity contribution is -0.144. The molecule has 3 atom stereocenters. The average molecular weight is 404 g/mol. The highest BCUT2D eigenvalue weighted by atomic mass is 16.5. The van der Waals surface area contributed by atoms with Crippen LogP contribution in [0.1, 0.15) is 38.4 Å². The number of amides is 1. The number of morpholine rings is 1. The molecule has 2 saturated heterocycles. The topological polar surface area (TPSA) is 62.6 Å². The molecule has 162 valence electrons. The number of carbonyl (C=O) groups is 1. The minimum absolute atomic E-state index is 0.224. The number of nitrogens with zero attached hydrogens (tertiary/aromatic N) is 4. The smallest absolute Gasteiger partial charge is 0.227 e. The molecule has 1 N–H and O–H groups in total. The zero-order valence-electron chi connectivity index (χ0n) is 18.1. The summed E-state index contributed by atoms with van der Waals surface area (Å²) in [7, 11) is 2.01. The monoisotopic (exact) mass is 403 g/mol. The summed E-state index contributed by atoms with van der Waals surface area (Å²) in [6.45, 7) is 9.73. The van der Waals surface area contributed by atoms with Crippen LogP contribution in [0, 0.1) is 11.3 Å².